The highest BCUT2D eigenvalue weighted by Crippen LogP contribution is 2.33. The van der Waals surface area contributed by atoms with Crippen LogP contribution in [0.1, 0.15) is 43.0 Å². The Morgan fingerprint density at radius 3 is 2.92 bits per heavy atom. The molecule has 2 amide bonds. The number of benzene rings is 1. The van der Waals surface area contributed by atoms with Crippen molar-refractivity contribution in [1.29, 1.82) is 0 Å². The molecule has 0 bridgehead atoms. The van der Waals surface area contributed by atoms with Gasteiger partial charge >= 0.3 is 6.03 Å². The number of carbonyl (C=O) groups is 1. The molecule has 0 spiro atoms. The average molecular weight is 355 g/mol. The highest BCUT2D eigenvalue weighted by molar-refractivity contribution is 5.75. The van der Waals surface area contributed by atoms with Gasteiger partial charge in [-0.15, -0.1) is 0 Å². The molecule has 1 saturated carbocycles. The number of urea groups is 1. The Balaban J connectivity index is 1.52. The van der Waals surface area contributed by atoms with Crippen molar-refractivity contribution in [1.82, 2.24) is 15.2 Å². The predicted molar refractivity (Wildman–Crippen MR) is 95.2 cm³/mol. The van der Waals surface area contributed by atoms with Crippen molar-refractivity contribution in [2.45, 2.75) is 44.3 Å². The van der Waals surface area contributed by atoms with Gasteiger partial charge in [0, 0.05) is 17.8 Å². The van der Waals surface area contributed by atoms with Gasteiger partial charge in [0.1, 0.15) is 11.6 Å². The Hall–Kier alpha value is -2.63. The molecule has 4 rings (SSSR count). The number of hydrogen-bond acceptors (Lipinski definition) is 3. The summed E-state index contributed by atoms with van der Waals surface area (Å²) in [6.07, 6.45) is 5.30. The van der Waals surface area contributed by atoms with Crippen molar-refractivity contribution >= 4 is 6.03 Å². The minimum absolute atomic E-state index is 0.125. The molecule has 136 valence electrons. The highest BCUT2D eigenvalue weighted by atomic mass is 19.1. The number of rotatable bonds is 4. The van der Waals surface area contributed by atoms with E-state index in [0.29, 0.717) is 24.5 Å². The summed E-state index contributed by atoms with van der Waals surface area (Å²) >= 11 is 0. The molecule has 0 radical (unpaired) electrons. The Labute approximate surface area is 152 Å². The van der Waals surface area contributed by atoms with Crippen molar-refractivity contribution in [3.05, 3.63) is 59.7 Å². The van der Waals surface area contributed by atoms with E-state index in [1.165, 1.54) is 12.1 Å². The molecule has 2 aromatic rings. The van der Waals surface area contributed by atoms with Crippen LogP contribution in [0.3, 0.4) is 0 Å². The smallest absolute Gasteiger partial charge is 0.318 e. The summed E-state index contributed by atoms with van der Waals surface area (Å²) in [5, 5.41) is 3.10. The van der Waals surface area contributed by atoms with Gasteiger partial charge in [-0.2, -0.15) is 0 Å². The van der Waals surface area contributed by atoms with Crippen LogP contribution in [0.5, 0.6) is 5.75 Å². The summed E-state index contributed by atoms with van der Waals surface area (Å²) in [5.41, 5.74) is 1.58. The van der Waals surface area contributed by atoms with Crippen LogP contribution in [0.25, 0.3) is 0 Å². The minimum Gasteiger partial charge on any atom is -0.493 e. The molecule has 1 atom stereocenters. The summed E-state index contributed by atoms with van der Waals surface area (Å²) < 4.78 is 19.4. The minimum atomic E-state index is -0.318. The molecule has 1 aliphatic carbocycles. The van der Waals surface area contributed by atoms with Gasteiger partial charge in [-0.25, -0.2) is 9.18 Å². The third-order valence-corrected chi connectivity index (χ3v) is 4.85. The van der Waals surface area contributed by atoms with Crippen LogP contribution < -0.4 is 10.1 Å². The normalized spacial score (nSPS) is 19.0. The quantitative estimate of drug-likeness (QED) is 0.907. The van der Waals surface area contributed by atoms with Crippen molar-refractivity contribution in [3.63, 3.8) is 0 Å². The lowest BCUT2D eigenvalue weighted by Gasteiger charge is -2.26. The number of nitrogens with zero attached hydrogens (tertiary/aromatic N) is 2. The van der Waals surface area contributed by atoms with Gasteiger partial charge in [0.2, 0.25) is 0 Å². The van der Waals surface area contributed by atoms with Crippen LogP contribution in [0.15, 0.2) is 42.6 Å². The number of aromatic nitrogens is 1. The first kappa shape index (κ1) is 16.8. The van der Waals surface area contributed by atoms with Gasteiger partial charge < -0.3 is 15.0 Å². The second-order valence-electron chi connectivity index (χ2n) is 6.86. The van der Waals surface area contributed by atoms with E-state index in [1.54, 1.807) is 12.3 Å². The first-order valence-corrected chi connectivity index (χ1v) is 9.10. The summed E-state index contributed by atoms with van der Waals surface area (Å²) in [4.78, 5) is 19.1. The second kappa shape index (κ2) is 7.32. The molecular formula is C20H22FN3O2. The van der Waals surface area contributed by atoms with Crippen molar-refractivity contribution in [3.8, 4) is 5.75 Å². The Bertz CT molecular complexity index is 780. The third kappa shape index (κ3) is 3.79. The van der Waals surface area contributed by atoms with Crippen LogP contribution >= 0.6 is 0 Å². The number of hydrogen-bond donors (Lipinski definition) is 1. The molecule has 2 heterocycles. The van der Waals surface area contributed by atoms with Crippen molar-refractivity contribution in [2.24, 2.45) is 0 Å². The zero-order chi connectivity index (χ0) is 17.9. The van der Waals surface area contributed by atoms with E-state index in [9.17, 15) is 9.18 Å². The molecule has 1 fully saturated rings. The summed E-state index contributed by atoms with van der Waals surface area (Å²) in [6, 6.07) is 10.1. The van der Waals surface area contributed by atoms with Crippen LogP contribution in [0.2, 0.25) is 0 Å². The maximum atomic E-state index is 13.7. The van der Waals surface area contributed by atoms with Crippen LogP contribution in [-0.2, 0) is 6.54 Å². The monoisotopic (exact) mass is 355 g/mol. The maximum absolute atomic E-state index is 13.7. The van der Waals surface area contributed by atoms with Crippen LogP contribution in [0.4, 0.5) is 9.18 Å². The summed E-state index contributed by atoms with van der Waals surface area (Å²) in [7, 11) is 0. The van der Waals surface area contributed by atoms with Gasteiger partial charge in [0.25, 0.3) is 0 Å². The molecule has 0 saturated heterocycles. The zero-order valence-corrected chi connectivity index (χ0v) is 14.5. The predicted octanol–water partition coefficient (Wildman–Crippen LogP) is 3.81. The Kier molecular flexibility index (Phi) is 4.73. The first-order chi connectivity index (χ1) is 12.7. The molecule has 1 unspecified atom stereocenters. The molecule has 1 aromatic heterocycles. The van der Waals surface area contributed by atoms with E-state index in [1.807, 2.05) is 23.1 Å². The van der Waals surface area contributed by atoms with Gasteiger partial charge in [-0.1, -0.05) is 6.07 Å². The largest absolute Gasteiger partial charge is 0.493 e. The molecule has 1 aliphatic heterocycles. The van der Waals surface area contributed by atoms with E-state index >= 15 is 0 Å². The van der Waals surface area contributed by atoms with Gasteiger partial charge in [-0.05, 0) is 56.0 Å². The zero-order valence-electron chi connectivity index (χ0n) is 14.5. The fourth-order valence-corrected chi connectivity index (χ4v) is 3.35. The number of ether oxygens (including phenoxy) is 1. The van der Waals surface area contributed by atoms with E-state index in [0.717, 1.165) is 31.4 Å². The Morgan fingerprint density at radius 1 is 1.27 bits per heavy atom. The number of fused-ring (bicyclic) bond motifs is 1. The molecule has 6 heteroatoms. The Morgan fingerprint density at radius 2 is 2.15 bits per heavy atom. The number of pyridine rings is 1. The molecule has 1 aromatic carbocycles. The fourth-order valence-electron chi connectivity index (χ4n) is 3.35. The van der Waals surface area contributed by atoms with E-state index in [2.05, 4.69) is 10.3 Å². The topological polar surface area (TPSA) is 54.5 Å². The fraction of sp³-hybridized carbons (Fsp3) is 0.400. The number of halogens is 1. The summed E-state index contributed by atoms with van der Waals surface area (Å²) in [5.74, 6) is 0.331. The molecule has 2 aliphatic rings. The molecule has 5 nitrogen and oxygen atoms in total. The number of amides is 2. The van der Waals surface area contributed by atoms with E-state index < -0.39 is 0 Å². The lowest BCUT2D eigenvalue weighted by Crippen LogP contribution is -2.42. The van der Waals surface area contributed by atoms with E-state index in [-0.39, 0.29) is 23.9 Å². The number of nitrogens with one attached hydrogen (secondary N) is 1. The molecule has 1 N–H and O–H groups in total. The number of carbonyl (C=O) groups excluding carboxylic acids is 1. The average Bonchev–Trinajstić information content (AvgIpc) is 3.49. The first-order valence-electron chi connectivity index (χ1n) is 9.10. The van der Waals surface area contributed by atoms with Crippen LogP contribution in [0, 0.1) is 5.82 Å². The van der Waals surface area contributed by atoms with Crippen molar-refractivity contribution in [2.75, 3.05) is 6.61 Å². The lowest BCUT2D eigenvalue weighted by atomic mass is 10.0. The maximum Gasteiger partial charge on any atom is 0.318 e. The van der Waals surface area contributed by atoms with Gasteiger partial charge in [0.15, 0.2) is 0 Å². The van der Waals surface area contributed by atoms with Gasteiger partial charge in [0.05, 0.1) is 24.9 Å². The van der Waals surface area contributed by atoms with Crippen LogP contribution in [-0.4, -0.2) is 28.6 Å². The second-order valence-corrected chi connectivity index (χ2v) is 6.86. The van der Waals surface area contributed by atoms with Gasteiger partial charge in [-0.3, -0.25) is 4.98 Å². The van der Waals surface area contributed by atoms with Crippen molar-refractivity contribution < 1.29 is 13.9 Å². The molecule has 26 heavy (non-hydrogen) atoms. The lowest BCUT2D eigenvalue weighted by molar-refractivity contribution is 0.186. The summed E-state index contributed by atoms with van der Waals surface area (Å²) in [6.45, 7) is 1.06. The SMILES string of the molecule is O=C(NC1CCCOc2ccc(F)cc21)N(Cc1ccccn1)C1CC1. The molecular weight excluding hydrogens is 333 g/mol. The standard InChI is InChI=1S/C20H22FN3O2/c21-14-6-9-19-17(12-14)18(5-3-11-26-19)23-20(25)24(16-7-8-16)13-15-4-1-2-10-22-15/h1-2,4,6,9-10,12,16,18H,3,5,7-8,11,13H2,(H,23,25). The third-order valence-electron chi connectivity index (χ3n) is 4.85. The highest BCUT2D eigenvalue weighted by Gasteiger charge is 2.34. The van der Waals surface area contributed by atoms with E-state index in [4.69, 9.17) is 4.74 Å².